The second kappa shape index (κ2) is 8.60. The molecule has 0 amide bonds. The van der Waals surface area contributed by atoms with E-state index in [4.69, 9.17) is 4.74 Å². The Morgan fingerprint density at radius 3 is 2.26 bits per heavy atom. The van der Waals surface area contributed by atoms with Gasteiger partial charge in [-0.2, -0.15) is 0 Å². The first-order chi connectivity index (χ1) is 13.1. The molecule has 0 radical (unpaired) electrons. The van der Waals surface area contributed by atoms with Crippen LogP contribution in [-0.4, -0.2) is 22.1 Å². The second-order valence-corrected chi connectivity index (χ2v) is 7.71. The van der Waals surface area contributed by atoms with Gasteiger partial charge in [0.1, 0.15) is 5.75 Å². The normalized spacial score (nSPS) is 11.0. The summed E-state index contributed by atoms with van der Waals surface area (Å²) in [7, 11) is -1.91. The quantitative estimate of drug-likeness (QED) is 0.614. The molecule has 0 aromatic heterocycles. The highest BCUT2D eigenvalue weighted by Gasteiger charge is 2.13. The zero-order valence-electron chi connectivity index (χ0n) is 15.1. The summed E-state index contributed by atoms with van der Waals surface area (Å²) in [6.45, 7) is 0.766. The van der Waals surface area contributed by atoms with E-state index < -0.39 is 10.0 Å². The molecule has 5 nitrogen and oxygen atoms in total. The number of ether oxygens (including phenoxy) is 1. The minimum Gasteiger partial charge on any atom is -0.497 e. The van der Waals surface area contributed by atoms with E-state index in [9.17, 15) is 8.42 Å². The molecule has 0 spiro atoms. The van der Waals surface area contributed by atoms with Crippen LogP contribution in [0.25, 0.3) is 0 Å². The molecule has 0 aliphatic rings. The number of benzene rings is 3. The van der Waals surface area contributed by atoms with Crippen LogP contribution in [0.1, 0.15) is 5.56 Å². The van der Waals surface area contributed by atoms with Gasteiger partial charge in [-0.1, -0.05) is 30.3 Å². The van der Waals surface area contributed by atoms with Crippen molar-refractivity contribution in [3.63, 3.8) is 0 Å². The van der Waals surface area contributed by atoms with Gasteiger partial charge in [-0.25, -0.2) is 8.42 Å². The van der Waals surface area contributed by atoms with Crippen LogP contribution in [0.2, 0.25) is 0 Å². The molecular weight excluding hydrogens is 360 g/mol. The Labute approximate surface area is 160 Å². The van der Waals surface area contributed by atoms with E-state index in [1.807, 2.05) is 30.3 Å². The van der Waals surface area contributed by atoms with Crippen molar-refractivity contribution in [2.24, 2.45) is 0 Å². The average molecular weight is 382 g/mol. The predicted octanol–water partition coefficient (Wildman–Crippen LogP) is 4.15. The Hall–Kier alpha value is -2.99. The fourth-order valence-corrected chi connectivity index (χ4v) is 3.73. The third-order valence-electron chi connectivity index (χ3n) is 4.07. The van der Waals surface area contributed by atoms with Crippen LogP contribution in [0.4, 0.5) is 11.4 Å². The average Bonchev–Trinajstić information content (AvgIpc) is 2.70. The standard InChI is InChI=1S/C21H22N2O3S/c1-26-20-7-5-6-17(16-20)14-15-22-18-10-12-19(13-11-18)23-27(24,25)21-8-3-2-4-9-21/h2-13,16,22-23H,14-15H2,1H3. The Balaban J connectivity index is 1.56. The lowest BCUT2D eigenvalue weighted by Crippen LogP contribution is -2.12. The van der Waals surface area contributed by atoms with E-state index in [-0.39, 0.29) is 4.90 Å². The maximum Gasteiger partial charge on any atom is 0.261 e. The summed E-state index contributed by atoms with van der Waals surface area (Å²) >= 11 is 0. The summed E-state index contributed by atoms with van der Waals surface area (Å²) in [6.07, 6.45) is 0.861. The summed E-state index contributed by atoms with van der Waals surface area (Å²) in [5, 5.41) is 3.33. The monoisotopic (exact) mass is 382 g/mol. The van der Waals surface area contributed by atoms with Crippen molar-refractivity contribution in [2.75, 3.05) is 23.7 Å². The number of methoxy groups -OCH3 is 1. The molecule has 0 aliphatic carbocycles. The Morgan fingerprint density at radius 1 is 0.852 bits per heavy atom. The van der Waals surface area contributed by atoms with Crippen LogP contribution in [-0.2, 0) is 16.4 Å². The molecule has 0 aliphatic heterocycles. The smallest absolute Gasteiger partial charge is 0.261 e. The van der Waals surface area contributed by atoms with Crippen LogP contribution in [0, 0.1) is 0 Å². The van der Waals surface area contributed by atoms with Gasteiger partial charge in [0, 0.05) is 17.9 Å². The third-order valence-corrected chi connectivity index (χ3v) is 5.46. The zero-order valence-corrected chi connectivity index (χ0v) is 15.9. The first-order valence-corrected chi connectivity index (χ1v) is 10.1. The molecule has 0 atom stereocenters. The van der Waals surface area contributed by atoms with Crippen LogP contribution in [0.3, 0.4) is 0 Å². The highest BCUT2D eigenvalue weighted by Crippen LogP contribution is 2.18. The van der Waals surface area contributed by atoms with Crippen molar-refractivity contribution in [3.8, 4) is 5.75 Å². The first-order valence-electron chi connectivity index (χ1n) is 8.61. The maximum atomic E-state index is 12.3. The van der Waals surface area contributed by atoms with E-state index in [2.05, 4.69) is 16.1 Å². The Kier molecular flexibility index (Phi) is 5.98. The van der Waals surface area contributed by atoms with Gasteiger partial charge < -0.3 is 10.1 Å². The molecule has 0 fully saturated rings. The number of sulfonamides is 1. The topological polar surface area (TPSA) is 67.4 Å². The van der Waals surface area contributed by atoms with E-state index in [1.54, 1.807) is 49.6 Å². The van der Waals surface area contributed by atoms with Crippen molar-refractivity contribution in [2.45, 2.75) is 11.3 Å². The van der Waals surface area contributed by atoms with Crippen molar-refractivity contribution < 1.29 is 13.2 Å². The van der Waals surface area contributed by atoms with Crippen LogP contribution >= 0.6 is 0 Å². The highest BCUT2D eigenvalue weighted by molar-refractivity contribution is 7.92. The van der Waals surface area contributed by atoms with E-state index in [0.29, 0.717) is 5.69 Å². The molecule has 27 heavy (non-hydrogen) atoms. The predicted molar refractivity (Wildman–Crippen MR) is 109 cm³/mol. The van der Waals surface area contributed by atoms with Crippen molar-refractivity contribution in [1.29, 1.82) is 0 Å². The van der Waals surface area contributed by atoms with Gasteiger partial charge in [0.2, 0.25) is 0 Å². The van der Waals surface area contributed by atoms with Crippen molar-refractivity contribution in [1.82, 2.24) is 0 Å². The molecule has 3 aromatic carbocycles. The SMILES string of the molecule is COc1cccc(CCNc2ccc(NS(=O)(=O)c3ccccc3)cc2)c1. The van der Waals surface area contributed by atoms with Gasteiger partial charge in [0.15, 0.2) is 0 Å². The molecule has 3 rings (SSSR count). The van der Waals surface area contributed by atoms with E-state index in [0.717, 1.165) is 24.4 Å². The molecule has 0 heterocycles. The summed E-state index contributed by atoms with van der Waals surface area (Å²) in [6, 6.07) is 23.5. The lowest BCUT2D eigenvalue weighted by molar-refractivity contribution is 0.414. The van der Waals surface area contributed by atoms with Gasteiger partial charge in [0.25, 0.3) is 10.0 Å². The minimum absolute atomic E-state index is 0.241. The largest absolute Gasteiger partial charge is 0.497 e. The summed E-state index contributed by atoms with van der Waals surface area (Å²) in [5.74, 6) is 0.850. The lowest BCUT2D eigenvalue weighted by Gasteiger charge is -2.10. The highest BCUT2D eigenvalue weighted by atomic mass is 32.2. The third kappa shape index (κ3) is 5.24. The van der Waals surface area contributed by atoms with E-state index in [1.165, 1.54) is 5.56 Å². The molecule has 0 bridgehead atoms. The van der Waals surface area contributed by atoms with Gasteiger partial charge in [0.05, 0.1) is 12.0 Å². The molecule has 140 valence electrons. The second-order valence-electron chi connectivity index (χ2n) is 6.02. The summed E-state index contributed by atoms with van der Waals surface area (Å²) < 4.78 is 32.5. The Morgan fingerprint density at radius 2 is 1.56 bits per heavy atom. The Bertz CT molecular complexity index is 972. The van der Waals surface area contributed by atoms with Crippen LogP contribution in [0.5, 0.6) is 5.75 Å². The number of hydrogen-bond acceptors (Lipinski definition) is 4. The fraction of sp³-hybridized carbons (Fsp3) is 0.143. The number of rotatable bonds is 8. The van der Waals surface area contributed by atoms with Crippen molar-refractivity contribution >= 4 is 21.4 Å². The van der Waals surface area contributed by atoms with Gasteiger partial charge in [-0.05, 0) is 60.5 Å². The van der Waals surface area contributed by atoms with E-state index >= 15 is 0 Å². The number of anilines is 2. The molecule has 0 saturated heterocycles. The lowest BCUT2D eigenvalue weighted by atomic mass is 10.1. The first kappa shape index (κ1) is 18.8. The molecule has 0 saturated carbocycles. The zero-order chi connectivity index (χ0) is 19.1. The molecule has 0 unspecified atom stereocenters. The maximum absolute atomic E-state index is 12.3. The number of nitrogens with one attached hydrogen (secondary N) is 2. The summed E-state index contributed by atoms with van der Waals surface area (Å²) in [5.41, 5.74) is 2.65. The summed E-state index contributed by atoms with van der Waals surface area (Å²) in [4.78, 5) is 0.241. The molecule has 6 heteroatoms. The van der Waals surface area contributed by atoms with Gasteiger partial charge in [-0.15, -0.1) is 0 Å². The van der Waals surface area contributed by atoms with Gasteiger partial charge >= 0.3 is 0 Å². The molecule has 2 N–H and O–H groups in total. The van der Waals surface area contributed by atoms with Crippen LogP contribution in [0.15, 0.2) is 83.8 Å². The fourth-order valence-electron chi connectivity index (χ4n) is 2.65. The number of hydrogen-bond donors (Lipinski definition) is 2. The van der Waals surface area contributed by atoms with Gasteiger partial charge in [-0.3, -0.25) is 4.72 Å². The van der Waals surface area contributed by atoms with Crippen LogP contribution < -0.4 is 14.8 Å². The molecule has 3 aromatic rings. The minimum atomic E-state index is -3.57. The van der Waals surface area contributed by atoms with Crippen molar-refractivity contribution in [3.05, 3.63) is 84.4 Å². The molecular formula is C21H22N2O3S.